The molecule has 0 aliphatic rings. The Bertz CT molecular complexity index is 1110. The fourth-order valence-electron chi connectivity index (χ4n) is 3.08. The first-order valence-corrected chi connectivity index (χ1v) is 10.2. The van der Waals surface area contributed by atoms with Gasteiger partial charge in [-0.15, -0.1) is 11.3 Å². The van der Waals surface area contributed by atoms with Crippen molar-refractivity contribution in [2.24, 2.45) is 0 Å². The van der Waals surface area contributed by atoms with E-state index in [9.17, 15) is 9.59 Å². The summed E-state index contributed by atoms with van der Waals surface area (Å²) in [6, 6.07) is 5.89. The lowest BCUT2D eigenvalue weighted by atomic mass is 10.1. The third kappa shape index (κ3) is 4.23. The lowest BCUT2D eigenvalue weighted by Gasteiger charge is -2.10. The highest BCUT2D eigenvalue weighted by molar-refractivity contribution is 7.16. The molecule has 0 fully saturated rings. The molecule has 30 heavy (non-hydrogen) atoms. The van der Waals surface area contributed by atoms with Gasteiger partial charge in [-0.1, -0.05) is 22.9 Å². The minimum absolute atomic E-state index is 0.122. The van der Waals surface area contributed by atoms with Crippen LogP contribution in [0.15, 0.2) is 22.7 Å². The van der Waals surface area contributed by atoms with Gasteiger partial charge in [0, 0.05) is 4.88 Å². The van der Waals surface area contributed by atoms with Crippen molar-refractivity contribution in [3.63, 3.8) is 0 Å². The van der Waals surface area contributed by atoms with Crippen molar-refractivity contribution in [3.8, 4) is 5.75 Å². The van der Waals surface area contributed by atoms with Crippen molar-refractivity contribution in [3.05, 3.63) is 62.3 Å². The van der Waals surface area contributed by atoms with Gasteiger partial charge in [-0.3, -0.25) is 4.79 Å². The number of nitrogens with one attached hydrogen (secondary N) is 1. The molecule has 0 saturated carbocycles. The van der Waals surface area contributed by atoms with Gasteiger partial charge in [-0.25, -0.2) is 4.79 Å². The van der Waals surface area contributed by atoms with Crippen LogP contribution < -0.4 is 10.1 Å². The molecule has 2 heterocycles. The molecule has 0 aliphatic carbocycles. The molecule has 0 atom stereocenters. The van der Waals surface area contributed by atoms with E-state index in [-0.39, 0.29) is 12.3 Å². The summed E-state index contributed by atoms with van der Waals surface area (Å²) in [6.07, 6.45) is 0. The van der Waals surface area contributed by atoms with Gasteiger partial charge in [0.25, 0.3) is 5.91 Å². The SMILES string of the molecule is COC(=O)c1c(NC(=O)c2noc(C)c2COc2ccc(C)cc2C)sc(C)c1C. The first kappa shape index (κ1) is 21.6. The monoisotopic (exact) mass is 428 g/mol. The van der Waals surface area contributed by atoms with E-state index >= 15 is 0 Å². The standard InChI is InChI=1S/C22H24N2O5S/c1-11-7-8-17(12(2)9-11)28-10-16-14(4)29-24-19(16)20(25)23-21-18(22(26)27-6)13(3)15(5)30-21/h7-9H,10H2,1-6H3,(H,23,25). The van der Waals surface area contributed by atoms with E-state index in [0.717, 1.165) is 27.3 Å². The number of anilines is 1. The van der Waals surface area contributed by atoms with E-state index < -0.39 is 11.9 Å². The molecule has 7 nitrogen and oxygen atoms in total. The van der Waals surface area contributed by atoms with Crippen LogP contribution in [-0.4, -0.2) is 24.1 Å². The molecule has 158 valence electrons. The van der Waals surface area contributed by atoms with Crippen molar-refractivity contribution < 1.29 is 23.6 Å². The van der Waals surface area contributed by atoms with Gasteiger partial charge in [0.15, 0.2) is 5.69 Å². The first-order chi connectivity index (χ1) is 14.2. The number of rotatable bonds is 6. The van der Waals surface area contributed by atoms with E-state index in [1.54, 1.807) is 6.92 Å². The zero-order valence-corrected chi connectivity index (χ0v) is 18.7. The second-order valence-corrected chi connectivity index (χ2v) is 8.28. The fourth-order valence-corrected chi connectivity index (χ4v) is 4.12. The van der Waals surface area contributed by atoms with E-state index in [1.807, 2.05) is 45.9 Å². The van der Waals surface area contributed by atoms with Crippen LogP contribution in [-0.2, 0) is 11.3 Å². The number of carbonyl (C=O) groups is 2. The summed E-state index contributed by atoms with van der Waals surface area (Å²) in [4.78, 5) is 26.0. The number of carbonyl (C=O) groups excluding carboxylic acids is 2. The van der Waals surface area contributed by atoms with Crippen molar-refractivity contribution in [1.29, 1.82) is 0 Å². The highest BCUT2D eigenvalue weighted by Crippen LogP contribution is 2.33. The Hall–Kier alpha value is -3.13. The molecule has 3 rings (SSSR count). The number of amides is 1. The van der Waals surface area contributed by atoms with Gasteiger partial charge >= 0.3 is 5.97 Å². The molecule has 1 aromatic carbocycles. The van der Waals surface area contributed by atoms with Crippen LogP contribution >= 0.6 is 11.3 Å². The summed E-state index contributed by atoms with van der Waals surface area (Å²) in [5.41, 5.74) is 3.94. The molecule has 1 amide bonds. The quantitative estimate of drug-likeness (QED) is 0.562. The Kier molecular flexibility index (Phi) is 6.26. The maximum absolute atomic E-state index is 12.9. The predicted octanol–water partition coefficient (Wildman–Crippen LogP) is 4.90. The average Bonchev–Trinajstić information content (AvgIpc) is 3.20. The molecule has 1 N–H and O–H groups in total. The van der Waals surface area contributed by atoms with E-state index in [0.29, 0.717) is 21.9 Å². The van der Waals surface area contributed by atoms with Gasteiger partial charge in [0.05, 0.1) is 18.2 Å². The van der Waals surface area contributed by atoms with Crippen LogP contribution in [0.3, 0.4) is 0 Å². The van der Waals surface area contributed by atoms with Gasteiger partial charge in [0.1, 0.15) is 23.1 Å². The molecule has 3 aromatic rings. The number of benzene rings is 1. The lowest BCUT2D eigenvalue weighted by Crippen LogP contribution is -2.17. The molecule has 2 aromatic heterocycles. The van der Waals surface area contributed by atoms with E-state index in [2.05, 4.69) is 10.5 Å². The van der Waals surface area contributed by atoms with Gasteiger partial charge in [-0.2, -0.15) is 0 Å². The molecule has 0 radical (unpaired) electrons. The number of methoxy groups -OCH3 is 1. The normalized spacial score (nSPS) is 10.7. The topological polar surface area (TPSA) is 90.7 Å². The smallest absolute Gasteiger partial charge is 0.341 e. The number of aryl methyl sites for hydroxylation is 4. The molecule has 0 spiro atoms. The Labute approximate surface area is 179 Å². The second-order valence-electron chi connectivity index (χ2n) is 7.06. The van der Waals surface area contributed by atoms with Crippen LogP contribution in [0, 0.1) is 34.6 Å². The van der Waals surface area contributed by atoms with Crippen molar-refractivity contribution in [1.82, 2.24) is 5.16 Å². The Balaban J connectivity index is 1.83. The largest absolute Gasteiger partial charge is 0.488 e. The number of ether oxygens (including phenoxy) is 2. The molecule has 0 bridgehead atoms. The van der Waals surface area contributed by atoms with Crippen LogP contribution in [0.5, 0.6) is 5.75 Å². The molecular weight excluding hydrogens is 404 g/mol. The Morgan fingerprint density at radius 1 is 1.17 bits per heavy atom. The van der Waals surface area contributed by atoms with Crippen LogP contribution in [0.4, 0.5) is 5.00 Å². The third-order valence-electron chi connectivity index (χ3n) is 4.90. The lowest BCUT2D eigenvalue weighted by molar-refractivity contribution is 0.0601. The number of nitrogens with zero attached hydrogens (tertiary/aromatic N) is 1. The summed E-state index contributed by atoms with van der Waals surface area (Å²) in [6.45, 7) is 9.53. The van der Waals surface area contributed by atoms with Gasteiger partial charge < -0.3 is 19.3 Å². The molecule has 0 aliphatic heterocycles. The molecule has 8 heteroatoms. The second kappa shape index (κ2) is 8.71. The number of hydrogen-bond acceptors (Lipinski definition) is 7. The van der Waals surface area contributed by atoms with E-state index in [1.165, 1.54) is 18.4 Å². The summed E-state index contributed by atoms with van der Waals surface area (Å²) >= 11 is 1.31. The zero-order valence-electron chi connectivity index (χ0n) is 17.8. The Morgan fingerprint density at radius 2 is 1.90 bits per heavy atom. The fraction of sp³-hybridized carbons (Fsp3) is 0.318. The predicted molar refractivity (Wildman–Crippen MR) is 115 cm³/mol. The summed E-state index contributed by atoms with van der Waals surface area (Å²) < 4.78 is 16.0. The molecular formula is C22H24N2O5S. The maximum atomic E-state index is 12.9. The number of thiophene rings is 1. The zero-order chi connectivity index (χ0) is 22.0. The Morgan fingerprint density at radius 3 is 2.57 bits per heavy atom. The summed E-state index contributed by atoms with van der Waals surface area (Å²) in [5, 5.41) is 7.10. The average molecular weight is 429 g/mol. The number of aromatic nitrogens is 1. The van der Waals surface area contributed by atoms with Crippen molar-refractivity contribution in [2.75, 3.05) is 12.4 Å². The van der Waals surface area contributed by atoms with Crippen LogP contribution in [0.25, 0.3) is 0 Å². The molecule has 0 saturated heterocycles. The minimum atomic E-state index is -0.498. The summed E-state index contributed by atoms with van der Waals surface area (Å²) in [7, 11) is 1.31. The van der Waals surface area contributed by atoms with Crippen molar-refractivity contribution >= 4 is 28.2 Å². The molecule has 0 unspecified atom stereocenters. The number of esters is 1. The number of hydrogen-bond donors (Lipinski definition) is 1. The van der Waals surface area contributed by atoms with Crippen molar-refractivity contribution in [2.45, 2.75) is 41.2 Å². The van der Waals surface area contributed by atoms with Crippen LogP contribution in [0.1, 0.15) is 53.7 Å². The minimum Gasteiger partial charge on any atom is -0.488 e. The third-order valence-corrected chi connectivity index (χ3v) is 6.03. The van der Waals surface area contributed by atoms with E-state index in [4.69, 9.17) is 14.0 Å². The maximum Gasteiger partial charge on any atom is 0.341 e. The summed E-state index contributed by atoms with van der Waals surface area (Å²) in [5.74, 6) is 0.251. The van der Waals surface area contributed by atoms with Gasteiger partial charge in [-0.05, 0) is 51.8 Å². The highest BCUT2D eigenvalue weighted by Gasteiger charge is 2.25. The highest BCUT2D eigenvalue weighted by atomic mass is 32.1. The van der Waals surface area contributed by atoms with Gasteiger partial charge in [0.2, 0.25) is 0 Å². The first-order valence-electron chi connectivity index (χ1n) is 9.37. The van der Waals surface area contributed by atoms with Crippen LogP contribution in [0.2, 0.25) is 0 Å².